The van der Waals surface area contributed by atoms with E-state index < -0.39 is 0 Å². The van der Waals surface area contributed by atoms with E-state index in [0.717, 1.165) is 36.2 Å². The Morgan fingerprint density at radius 3 is 1.82 bits per heavy atom. The van der Waals surface area contributed by atoms with Gasteiger partial charge in [0, 0.05) is 15.6 Å². The van der Waals surface area contributed by atoms with Crippen LogP contribution in [0.4, 0.5) is 0 Å². The lowest BCUT2D eigenvalue weighted by molar-refractivity contribution is -0.929. The molecule has 142 valence electrons. The van der Waals surface area contributed by atoms with Gasteiger partial charge in [-0.15, -0.1) is 0 Å². The van der Waals surface area contributed by atoms with Crippen LogP contribution in [0.15, 0.2) is 89.4 Å². The molecule has 1 N–H and O–H groups in total. The molecule has 1 saturated heterocycles. The first-order valence-corrected chi connectivity index (χ1v) is 10.5. The van der Waals surface area contributed by atoms with Gasteiger partial charge in [-0.2, -0.15) is 0 Å². The SMILES string of the molecule is O=C(c1ccccc1Br)N1CC[NH+](C(c2ccccc2)c2ccccc2)CC1. The summed E-state index contributed by atoms with van der Waals surface area (Å²) >= 11 is 3.51. The molecule has 28 heavy (non-hydrogen) atoms. The Labute approximate surface area is 174 Å². The summed E-state index contributed by atoms with van der Waals surface area (Å²) in [5.41, 5.74) is 3.40. The zero-order valence-corrected chi connectivity index (χ0v) is 17.3. The van der Waals surface area contributed by atoms with E-state index in [-0.39, 0.29) is 5.91 Å². The summed E-state index contributed by atoms with van der Waals surface area (Å²) in [6.07, 6.45) is 0. The van der Waals surface area contributed by atoms with Crippen LogP contribution in [0.3, 0.4) is 0 Å². The molecule has 0 saturated carbocycles. The monoisotopic (exact) mass is 435 g/mol. The summed E-state index contributed by atoms with van der Waals surface area (Å²) in [7, 11) is 0. The third kappa shape index (κ3) is 4.03. The second-order valence-corrected chi connectivity index (χ2v) is 8.04. The summed E-state index contributed by atoms with van der Waals surface area (Å²) in [5, 5.41) is 0. The highest BCUT2D eigenvalue weighted by molar-refractivity contribution is 9.10. The topological polar surface area (TPSA) is 24.8 Å². The maximum atomic E-state index is 12.9. The van der Waals surface area contributed by atoms with E-state index in [0.29, 0.717) is 6.04 Å². The van der Waals surface area contributed by atoms with E-state index in [1.807, 2.05) is 29.2 Å². The predicted octanol–water partition coefficient (Wildman–Crippen LogP) is 3.58. The van der Waals surface area contributed by atoms with Crippen molar-refractivity contribution in [3.05, 3.63) is 106 Å². The molecular weight excluding hydrogens is 412 g/mol. The van der Waals surface area contributed by atoms with Crippen LogP contribution in [0.5, 0.6) is 0 Å². The smallest absolute Gasteiger partial charge is 0.255 e. The number of hydrogen-bond acceptors (Lipinski definition) is 1. The number of carbonyl (C=O) groups is 1. The molecule has 3 aromatic rings. The molecule has 1 aliphatic rings. The number of amides is 1. The van der Waals surface area contributed by atoms with Gasteiger partial charge in [-0.3, -0.25) is 4.79 Å². The van der Waals surface area contributed by atoms with Gasteiger partial charge in [0.2, 0.25) is 0 Å². The zero-order valence-electron chi connectivity index (χ0n) is 15.7. The molecular formula is C24H24BrN2O+. The standard InChI is InChI=1S/C24H23BrN2O/c25-22-14-8-7-13-21(22)24(28)27-17-15-26(16-18-27)23(19-9-3-1-4-10-19)20-11-5-2-6-12-20/h1-14,23H,15-18H2/p+1. The number of benzene rings is 3. The van der Waals surface area contributed by atoms with E-state index in [9.17, 15) is 4.79 Å². The number of rotatable bonds is 4. The highest BCUT2D eigenvalue weighted by Gasteiger charge is 2.32. The van der Waals surface area contributed by atoms with Gasteiger partial charge >= 0.3 is 0 Å². The molecule has 0 bridgehead atoms. The zero-order chi connectivity index (χ0) is 19.3. The van der Waals surface area contributed by atoms with Crippen LogP contribution in [-0.4, -0.2) is 37.0 Å². The molecule has 4 heteroatoms. The molecule has 1 heterocycles. The predicted molar refractivity (Wildman–Crippen MR) is 115 cm³/mol. The van der Waals surface area contributed by atoms with Gasteiger partial charge in [0.1, 0.15) is 6.04 Å². The van der Waals surface area contributed by atoms with Crippen molar-refractivity contribution in [2.75, 3.05) is 26.2 Å². The Kier molecular flexibility index (Phi) is 5.89. The Balaban J connectivity index is 1.52. The maximum absolute atomic E-state index is 12.9. The first kappa shape index (κ1) is 18.9. The summed E-state index contributed by atoms with van der Waals surface area (Å²) in [5.74, 6) is 0.113. The van der Waals surface area contributed by atoms with Crippen LogP contribution >= 0.6 is 15.9 Å². The molecule has 0 spiro atoms. The Bertz CT molecular complexity index is 882. The molecule has 3 nitrogen and oxygen atoms in total. The molecule has 1 amide bonds. The number of nitrogens with one attached hydrogen (secondary N) is 1. The average Bonchev–Trinajstić information content (AvgIpc) is 2.76. The molecule has 0 radical (unpaired) electrons. The lowest BCUT2D eigenvalue weighted by Gasteiger charge is -2.37. The minimum absolute atomic E-state index is 0.113. The molecule has 0 aliphatic carbocycles. The van der Waals surface area contributed by atoms with Gasteiger partial charge in [0.25, 0.3) is 5.91 Å². The van der Waals surface area contributed by atoms with Crippen molar-refractivity contribution in [3.8, 4) is 0 Å². The molecule has 0 unspecified atom stereocenters. The molecule has 4 rings (SSSR count). The molecule has 1 aliphatic heterocycles. The van der Waals surface area contributed by atoms with Gasteiger partial charge < -0.3 is 9.80 Å². The molecule has 3 aromatic carbocycles. The van der Waals surface area contributed by atoms with Gasteiger partial charge in [-0.25, -0.2) is 0 Å². The molecule has 0 atom stereocenters. The first-order chi connectivity index (χ1) is 13.7. The number of carbonyl (C=O) groups excluding carboxylic acids is 1. The number of halogens is 1. The van der Waals surface area contributed by atoms with Crippen LogP contribution in [0.1, 0.15) is 27.5 Å². The van der Waals surface area contributed by atoms with E-state index in [1.165, 1.54) is 16.0 Å². The van der Waals surface area contributed by atoms with Crippen molar-refractivity contribution < 1.29 is 9.69 Å². The largest absolute Gasteiger partial charge is 0.327 e. The minimum Gasteiger partial charge on any atom is -0.327 e. The normalized spacial score (nSPS) is 15.0. The third-order valence-electron chi connectivity index (χ3n) is 5.47. The van der Waals surface area contributed by atoms with Gasteiger partial charge in [-0.05, 0) is 28.1 Å². The van der Waals surface area contributed by atoms with Crippen molar-refractivity contribution >= 4 is 21.8 Å². The Morgan fingerprint density at radius 1 is 0.786 bits per heavy atom. The van der Waals surface area contributed by atoms with Crippen LogP contribution in [0.2, 0.25) is 0 Å². The highest BCUT2D eigenvalue weighted by Crippen LogP contribution is 2.21. The summed E-state index contributed by atoms with van der Waals surface area (Å²) in [6, 6.07) is 29.4. The lowest BCUT2D eigenvalue weighted by atomic mass is 9.96. The average molecular weight is 436 g/mol. The fraction of sp³-hybridized carbons (Fsp3) is 0.208. The third-order valence-corrected chi connectivity index (χ3v) is 6.16. The van der Waals surface area contributed by atoms with Crippen molar-refractivity contribution in [1.82, 2.24) is 4.90 Å². The van der Waals surface area contributed by atoms with Crippen molar-refractivity contribution in [2.24, 2.45) is 0 Å². The second kappa shape index (κ2) is 8.72. The van der Waals surface area contributed by atoms with Gasteiger partial charge in [0.05, 0.1) is 31.7 Å². The quantitative estimate of drug-likeness (QED) is 0.665. The molecule has 1 fully saturated rings. The second-order valence-electron chi connectivity index (χ2n) is 7.18. The van der Waals surface area contributed by atoms with Gasteiger partial charge in [-0.1, -0.05) is 72.8 Å². The van der Waals surface area contributed by atoms with E-state index >= 15 is 0 Å². The highest BCUT2D eigenvalue weighted by atomic mass is 79.9. The number of piperazine rings is 1. The van der Waals surface area contributed by atoms with Crippen molar-refractivity contribution in [2.45, 2.75) is 6.04 Å². The van der Waals surface area contributed by atoms with Crippen LogP contribution in [0, 0.1) is 0 Å². The van der Waals surface area contributed by atoms with Crippen molar-refractivity contribution in [3.63, 3.8) is 0 Å². The summed E-state index contributed by atoms with van der Waals surface area (Å²) in [6.45, 7) is 3.41. The first-order valence-electron chi connectivity index (χ1n) is 9.72. The van der Waals surface area contributed by atoms with Crippen LogP contribution in [0.25, 0.3) is 0 Å². The van der Waals surface area contributed by atoms with Gasteiger partial charge in [0.15, 0.2) is 0 Å². The Hall–Kier alpha value is -2.43. The number of hydrogen-bond donors (Lipinski definition) is 1. The molecule has 0 aromatic heterocycles. The number of quaternary nitrogens is 1. The summed E-state index contributed by atoms with van der Waals surface area (Å²) in [4.78, 5) is 16.4. The van der Waals surface area contributed by atoms with Crippen molar-refractivity contribution in [1.29, 1.82) is 0 Å². The summed E-state index contributed by atoms with van der Waals surface area (Å²) < 4.78 is 0.862. The minimum atomic E-state index is 0.113. The van der Waals surface area contributed by atoms with Crippen LogP contribution < -0.4 is 4.90 Å². The lowest BCUT2D eigenvalue weighted by Crippen LogP contribution is -3.15. The maximum Gasteiger partial charge on any atom is 0.255 e. The van der Waals surface area contributed by atoms with E-state index in [4.69, 9.17) is 0 Å². The van der Waals surface area contributed by atoms with Crippen LogP contribution in [-0.2, 0) is 0 Å². The number of nitrogens with zero attached hydrogens (tertiary/aromatic N) is 1. The fourth-order valence-corrected chi connectivity index (χ4v) is 4.50. The van der Waals surface area contributed by atoms with E-state index in [1.54, 1.807) is 0 Å². The van der Waals surface area contributed by atoms with E-state index in [2.05, 4.69) is 76.6 Å². The Morgan fingerprint density at radius 2 is 1.29 bits per heavy atom. The fourth-order valence-electron chi connectivity index (χ4n) is 4.05.